The van der Waals surface area contributed by atoms with Crippen LogP contribution in [0.4, 0.5) is 8.78 Å². The van der Waals surface area contributed by atoms with Gasteiger partial charge < -0.3 is 0 Å². The molecule has 2 nitrogen and oxygen atoms in total. The summed E-state index contributed by atoms with van der Waals surface area (Å²) in [4.78, 5) is 9.73. The van der Waals surface area contributed by atoms with E-state index < -0.39 is 0 Å². The number of halogens is 2. The van der Waals surface area contributed by atoms with Gasteiger partial charge in [0.15, 0.2) is 0 Å². The zero-order valence-electron chi connectivity index (χ0n) is 30.4. The quantitative estimate of drug-likeness (QED) is 0.164. The van der Waals surface area contributed by atoms with E-state index in [0.29, 0.717) is 5.69 Å². The van der Waals surface area contributed by atoms with Crippen LogP contribution in [0.25, 0.3) is 108 Å². The predicted octanol–water partition coefficient (Wildman–Crippen LogP) is 14.9. The lowest BCUT2D eigenvalue weighted by Crippen LogP contribution is -1.92. The van der Waals surface area contributed by atoms with E-state index in [9.17, 15) is 8.78 Å². The van der Waals surface area contributed by atoms with E-state index in [1.807, 2.05) is 36.4 Å². The van der Waals surface area contributed by atoms with Gasteiger partial charge in [0.1, 0.15) is 11.6 Å². The fourth-order valence-corrected chi connectivity index (χ4v) is 9.51. The molecule has 0 fully saturated rings. The highest BCUT2D eigenvalue weighted by Crippen LogP contribution is 2.44. The molecule has 57 heavy (non-hydrogen) atoms. The summed E-state index contributed by atoms with van der Waals surface area (Å²) in [7, 11) is 0. The molecule has 2 heterocycles. The summed E-state index contributed by atoms with van der Waals surface area (Å²) in [6, 6.07) is 56.6. The number of fused-ring (bicyclic) bond motifs is 9. The first kappa shape index (κ1) is 33.3. The van der Waals surface area contributed by atoms with Crippen LogP contribution in [0.2, 0.25) is 0 Å². The highest BCUT2D eigenvalue weighted by atomic mass is 32.1. The summed E-state index contributed by atoms with van der Waals surface area (Å²) in [5.74, 6) is -0.535. The molecule has 268 valence electrons. The van der Waals surface area contributed by atoms with E-state index in [1.165, 1.54) is 50.5 Å². The molecule has 0 atom stereocenters. The molecule has 9 aromatic carbocycles. The molecule has 2 aromatic heterocycles. The topological polar surface area (TPSA) is 25.8 Å². The first-order valence-electron chi connectivity index (χ1n) is 18.8. The van der Waals surface area contributed by atoms with Gasteiger partial charge in [-0.05, 0) is 115 Å². The van der Waals surface area contributed by atoms with Gasteiger partial charge in [-0.15, -0.1) is 11.3 Å². The Hall–Kier alpha value is -7.08. The van der Waals surface area contributed by atoms with Gasteiger partial charge in [-0.2, -0.15) is 0 Å². The van der Waals surface area contributed by atoms with Crippen LogP contribution < -0.4 is 0 Å². The second-order valence-electron chi connectivity index (χ2n) is 14.5. The van der Waals surface area contributed by atoms with Crippen LogP contribution >= 0.6 is 11.3 Å². The average Bonchev–Trinajstić information content (AvgIpc) is 3.64. The van der Waals surface area contributed by atoms with Crippen molar-refractivity contribution in [2.75, 3.05) is 0 Å². The van der Waals surface area contributed by atoms with Crippen LogP contribution in [-0.2, 0) is 0 Å². The van der Waals surface area contributed by atoms with E-state index in [-0.39, 0.29) is 11.6 Å². The molecule has 0 aliphatic heterocycles. The number of thiophene rings is 1. The molecule has 0 aliphatic rings. The van der Waals surface area contributed by atoms with Gasteiger partial charge in [-0.25, -0.2) is 13.8 Å². The maximum Gasteiger partial charge on any atom is 0.123 e. The Labute approximate surface area is 331 Å². The van der Waals surface area contributed by atoms with Gasteiger partial charge in [-0.1, -0.05) is 115 Å². The Bertz CT molecular complexity index is 3350. The Balaban J connectivity index is 1.05. The molecular weight excluding hydrogens is 723 g/mol. The van der Waals surface area contributed by atoms with Crippen LogP contribution in [0.15, 0.2) is 182 Å². The van der Waals surface area contributed by atoms with Crippen LogP contribution in [0.3, 0.4) is 0 Å². The third-order valence-corrected chi connectivity index (χ3v) is 12.3. The Kier molecular flexibility index (Phi) is 7.76. The zero-order valence-corrected chi connectivity index (χ0v) is 31.2. The first-order valence-corrected chi connectivity index (χ1v) is 19.6. The highest BCUT2D eigenvalue weighted by molar-refractivity contribution is 7.26. The summed E-state index contributed by atoms with van der Waals surface area (Å²) >= 11 is 1.68. The van der Waals surface area contributed by atoms with Crippen LogP contribution in [0.1, 0.15) is 0 Å². The molecule has 5 heteroatoms. The van der Waals surface area contributed by atoms with Gasteiger partial charge in [0.2, 0.25) is 0 Å². The zero-order chi connectivity index (χ0) is 38.0. The average molecular weight is 753 g/mol. The minimum absolute atomic E-state index is 0.267. The van der Waals surface area contributed by atoms with E-state index in [4.69, 9.17) is 4.98 Å². The second kappa shape index (κ2) is 13.3. The fourth-order valence-electron chi connectivity index (χ4n) is 8.31. The predicted molar refractivity (Wildman–Crippen MR) is 235 cm³/mol. The normalized spacial score (nSPS) is 11.7. The molecule has 0 amide bonds. The molecule has 11 aromatic rings. The summed E-state index contributed by atoms with van der Waals surface area (Å²) in [6.07, 6.45) is 3.54. The monoisotopic (exact) mass is 752 g/mol. The van der Waals surface area contributed by atoms with Gasteiger partial charge in [0.25, 0.3) is 0 Å². The highest BCUT2D eigenvalue weighted by Gasteiger charge is 2.17. The summed E-state index contributed by atoms with van der Waals surface area (Å²) in [5.41, 5.74) is 9.32. The van der Waals surface area contributed by atoms with E-state index >= 15 is 0 Å². The van der Waals surface area contributed by atoms with Crippen molar-refractivity contribution in [2.45, 2.75) is 0 Å². The number of hydrogen-bond donors (Lipinski definition) is 0. The summed E-state index contributed by atoms with van der Waals surface area (Å²) < 4.78 is 30.8. The number of nitrogens with zero attached hydrogens (tertiary/aromatic N) is 2. The van der Waals surface area contributed by atoms with E-state index in [1.54, 1.807) is 35.9 Å². The molecule has 0 bridgehead atoms. The van der Waals surface area contributed by atoms with Gasteiger partial charge in [0.05, 0.1) is 23.8 Å². The second-order valence-corrected chi connectivity index (χ2v) is 15.5. The molecule has 0 aliphatic carbocycles. The molecule has 0 saturated carbocycles. The van der Waals surface area contributed by atoms with Gasteiger partial charge in [0, 0.05) is 36.9 Å². The lowest BCUT2D eigenvalue weighted by molar-refractivity contribution is 0.628. The maximum absolute atomic E-state index is 14.8. The summed E-state index contributed by atoms with van der Waals surface area (Å²) in [5, 5.41) is 9.31. The molecular formula is C52H30F2N2S. The van der Waals surface area contributed by atoms with Crippen molar-refractivity contribution in [3.05, 3.63) is 194 Å². The van der Waals surface area contributed by atoms with E-state index in [2.05, 4.69) is 108 Å². The van der Waals surface area contributed by atoms with Crippen molar-refractivity contribution in [3.63, 3.8) is 0 Å². The minimum atomic E-state index is -0.268. The summed E-state index contributed by atoms with van der Waals surface area (Å²) in [6.45, 7) is 0. The fraction of sp³-hybridized carbons (Fsp3) is 0. The molecule has 0 radical (unpaired) electrons. The number of rotatable bonds is 5. The number of aromatic nitrogens is 2. The molecule has 0 unspecified atom stereocenters. The van der Waals surface area contributed by atoms with Crippen LogP contribution in [0.5, 0.6) is 0 Å². The van der Waals surface area contributed by atoms with Crippen LogP contribution in [-0.4, -0.2) is 9.97 Å². The number of hydrogen-bond acceptors (Lipinski definition) is 3. The first-order chi connectivity index (χ1) is 28.0. The lowest BCUT2D eigenvalue weighted by atomic mass is 9.91. The molecule has 11 rings (SSSR count). The molecule has 0 saturated heterocycles. The minimum Gasteiger partial charge on any atom is -0.260 e. The van der Waals surface area contributed by atoms with Crippen LogP contribution in [0, 0.1) is 11.6 Å². The van der Waals surface area contributed by atoms with Crippen molar-refractivity contribution >= 4 is 63.8 Å². The third kappa shape index (κ3) is 5.74. The standard InChI is InChI=1S/C52H30F2N2S/c53-38-10-6-8-34(24-38)31-15-17-32(18-16-31)49-29-55-30-50(56-49)37-26-45(52-48(27-37)47-28-39(54)20-22-51(47)57-52)36-9-5-7-33(23-36)35-19-21-44-42-13-2-1-11-40(42)41-12-3-4-14-43(41)46(44)25-35/h1-30H. The van der Waals surface area contributed by atoms with Gasteiger partial charge in [-0.3, -0.25) is 4.98 Å². The Morgan fingerprint density at radius 2 is 0.912 bits per heavy atom. The largest absolute Gasteiger partial charge is 0.260 e. The Morgan fingerprint density at radius 1 is 0.351 bits per heavy atom. The SMILES string of the molecule is Fc1cccc(-c2ccc(-c3cncc(-c4cc(-c5cccc(-c6ccc7c8ccccc8c8ccccc8c7c6)c5)c5sc6ccc(F)cc6c5c4)n3)cc2)c1. The van der Waals surface area contributed by atoms with E-state index in [0.717, 1.165) is 70.4 Å². The third-order valence-electron chi connectivity index (χ3n) is 11.1. The van der Waals surface area contributed by atoms with Crippen molar-refractivity contribution in [2.24, 2.45) is 0 Å². The maximum atomic E-state index is 14.8. The van der Waals surface area contributed by atoms with Crippen molar-refractivity contribution in [3.8, 4) is 55.9 Å². The van der Waals surface area contributed by atoms with Crippen molar-refractivity contribution in [1.82, 2.24) is 9.97 Å². The smallest absolute Gasteiger partial charge is 0.123 e. The lowest BCUT2D eigenvalue weighted by Gasteiger charge is -2.13. The van der Waals surface area contributed by atoms with Gasteiger partial charge >= 0.3 is 0 Å². The molecule has 0 spiro atoms. The van der Waals surface area contributed by atoms with Crippen molar-refractivity contribution < 1.29 is 8.78 Å². The Morgan fingerprint density at radius 3 is 1.65 bits per heavy atom. The van der Waals surface area contributed by atoms with Crippen molar-refractivity contribution in [1.29, 1.82) is 0 Å². The number of benzene rings is 9. The molecule has 0 N–H and O–H groups in total.